The van der Waals surface area contributed by atoms with Crippen LogP contribution >= 0.6 is 11.3 Å². The number of nitrogens with two attached hydrogens (primary N) is 1. The summed E-state index contributed by atoms with van der Waals surface area (Å²) in [6.45, 7) is 9.86. The number of carbonyl (C=O) groups excluding carboxylic acids is 1. The van der Waals surface area contributed by atoms with E-state index >= 15 is 0 Å². The molecule has 0 amide bonds. The molecule has 0 atom stereocenters. The van der Waals surface area contributed by atoms with E-state index in [-0.39, 0.29) is 11.4 Å². The second kappa shape index (κ2) is 8.06. The van der Waals surface area contributed by atoms with E-state index in [4.69, 9.17) is 24.4 Å². The molecule has 5 rings (SSSR count). The summed E-state index contributed by atoms with van der Waals surface area (Å²) in [6, 6.07) is 3.40. The van der Waals surface area contributed by atoms with Crippen LogP contribution in [-0.4, -0.2) is 44.5 Å². The zero-order valence-corrected chi connectivity index (χ0v) is 19.4. The second-order valence-electron chi connectivity index (χ2n) is 8.69. The average Bonchev–Trinajstić information content (AvgIpc) is 3.38. The van der Waals surface area contributed by atoms with E-state index in [0.717, 1.165) is 46.0 Å². The molecular formula is C23H28N3O5S+. The molecule has 0 radical (unpaired) electrons. The van der Waals surface area contributed by atoms with Gasteiger partial charge in [-0.15, -0.1) is 0 Å². The van der Waals surface area contributed by atoms with Crippen molar-refractivity contribution in [2.24, 2.45) is 0 Å². The van der Waals surface area contributed by atoms with Crippen molar-refractivity contribution < 1.29 is 28.4 Å². The van der Waals surface area contributed by atoms with E-state index in [0.29, 0.717) is 37.9 Å². The standard InChI is InChI=1S/C23H27N3O5S/c1-4-29-22(27)16-6-5-15(31-16)19-18(24)17-13-11-23(2,3)30-12-14(13)20(25-21(17)32-19)26-7-9-28-10-8-26/h5-6H,4,7-12,24H2,1-3H3/p+1. The lowest BCUT2D eigenvalue weighted by molar-refractivity contribution is -0.329. The zero-order valence-electron chi connectivity index (χ0n) is 18.6. The molecule has 2 aliphatic heterocycles. The number of hydrogen-bond acceptors (Lipinski definition) is 8. The van der Waals surface area contributed by atoms with Crippen LogP contribution in [0.15, 0.2) is 16.5 Å². The van der Waals surface area contributed by atoms with Crippen LogP contribution in [0.1, 0.15) is 42.5 Å². The Labute approximate surface area is 190 Å². The highest BCUT2D eigenvalue weighted by atomic mass is 32.1. The van der Waals surface area contributed by atoms with Crippen molar-refractivity contribution in [3.63, 3.8) is 0 Å². The zero-order chi connectivity index (χ0) is 22.5. The van der Waals surface area contributed by atoms with Gasteiger partial charge in [-0.05, 0) is 38.5 Å². The molecule has 0 saturated carbocycles. The molecule has 5 heterocycles. The summed E-state index contributed by atoms with van der Waals surface area (Å²) in [5, 5.41) is 1.02. The van der Waals surface area contributed by atoms with Gasteiger partial charge < -0.3 is 24.4 Å². The molecule has 32 heavy (non-hydrogen) atoms. The van der Waals surface area contributed by atoms with Crippen molar-refractivity contribution in [2.75, 3.05) is 43.5 Å². The number of carbonyl (C=O) groups is 1. The van der Waals surface area contributed by atoms with Gasteiger partial charge in [-0.2, -0.15) is 0 Å². The number of aromatic nitrogens is 1. The minimum atomic E-state index is -0.476. The van der Waals surface area contributed by atoms with Gasteiger partial charge >= 0.3 is 5.97 Å². The Morgan fingerprint density at radius 2 is 2.06 bits per heavy atom. The van der Waals surface area contributed by atoms with Crippen LogP contribution < -0.4 is 15.6 Å². The SMILES string of the molecule is CCOC(=O)c1ccc(-c2sc3[nH+]c(N4CCOCC4)c4c(c3c2N)CC(C)(C)OC4)o1. The van der Waals surface area contributed by atoms with Gasteiger partial charge in [0.25, 0.3) is 5.82 Å². The predicted octanol–water partition coefficient (Wildman–Crippen LogP) is 3.42. The van der Waals surface area contributed by atoms with Crippen LogP contribution in [0.4, 0.5) is 11.5 Å². The third-order valence-electron chi connectivity index (χ3n) is 5.97. The number of ether oxygens (including phenoxy) is 3. The van der Waals surface area contributed by atoms with Gasteiger partial charge in [0.2, 0.25) is 5.76 Å². The van der Waals surface area contributed by atoms with Crippen LogP contribution in [0, 0.1) is 0 Å². The van der Waals surface area contributed by atoms with Gasteiger partial charge in [0.1, 0.15) is 18.8 Å². The Bertz CT molecular complexity index is 1180. The molecule has 0 spiro atoms. The fourth-order valence-electron chi connectivity index (χ4n) is 4.41. The molecule has 1 saturated heterocycles. The van der Waals surface area contributed by atoms with E-state index in [1.807, 2.05) is 0 Å². The molecule has 8 nitrogen and oxygen atoms in total. The Hall–Kier alpha value is -2.62. The van der Waals surface area contributed by atoms with E-state index in [2.05, 4.69) is 23.7 Å². The summed E-state index contributed by atoms with van der Waals surface area (Å²) >= 11 is 1.54. The molecular weight excluding hydrogens is 430 g/mol. The number of nitrogen functional groups attached to an aromatic ring is 1. The number of aromatic amines is 1. The Morgan fingerprint density at radius 3 is 2.81 bits per heavy atom. The van der Waals surface area contributed by atoms with Gasteiger partial charge in [-0.3, -0.25) is 4.90 Å². The summed E-state index contributed by atoms with van der Waals surface area (Å²) in [5.41, 5.74) is 9.45. The highest BCUT2D eigenvalue weighted by Gasteiger charge is 2.36. The number of esters is 1. The number of nitrogens with one attached hydrogen (secondary N) is 1. The fraction of sp³-hybridized carbons (Fsp3) is 0.478. The van der Waals surface area contributed by atoms with Crippen molar-refractivity contribution >= 4 is 39.0 Å². The van der Waals surface area contributed by atoms with E-state index < -0.39 is 5.97 Å². The highest BCUT2D eigenvalue weighted by Crippen LogP contribution is 2.45. The lowest BCUT2D eigenvalue weighted by atomic mass is 9.89. The minimum Gasteiger partial charge on any atom is -0.460 e. The van der Waals surface area contributed by atoms with Gasteiger partial charge in [0.05, 0.1) is 53.5 Å². The van der Waals surface area contributed by atoms with Crippen LogP contribution in [0.25, 0.3) is 20.9 Å². The lowest BCUT2D eigenvalue weighted by Gasteiger charge is -2.33. The van der Waals surface area contributed by atoms with Crippen molar-refractivity contribution in [2.45, 2.75) is 39.4 Å². The number of anilines is 2. The molecule has 0 aromatic carbocycles. The molecule has 0 bridgehead atoms. The predicted molar refractivity (Wildman–Crippen MR) is 122 cm³/mol. The maximum Gasteiger partial charge on any atom is 0.374 e. The average molecular weight is 459 g/mol. The van der Waals surface area contributed by atoms with Crippen molar-refractivity contribution in [3.05, 3.63) is 29.0 Å². The van der Waals surface area contributed by atoms with E-state index in [1.54, 1.807) is 30.4 Å². The molecule has 0 unspecified atom stereocenters. The second-order valence-corrected chi connectivity index (χ2v) is 9.71. The highest BCUT2D eigenvalue weighted by molar-refractivity contribution is 7.22. The minimum absolute atomic E-state index is 0.174. The first-order chi connectivity index (χ1) is 15.4. The monoisotopic (exact) mass is 458 g/mol. The first kappa shape index (κ1) is 21.2. The number of pyridine rings is 1. The molecule has 0 aliphatic carbocycles. The molecule has 3 aromatic rings. The normalized spacial score (nSPS) is 18.0. The Kier molecular flexibility index (Phi) is 5.35. The van der Waals surface area contributed by atoms with Gasteiger partial charge in [0, 0.05) is 6.42 Å². The van der Waals surface area contributed by atoms with Gasteiger partial charge in [0.15, 0.2) is 4.83 Å². The number of hydrogen-bond donors (Lipinski definition) is 1. The van der Waals surface area contributed by atoms with Crippen molar-refractivity contribution in [1.82, 2.24) is 0 Å². The van der Waals surface area contributed by atoms with E-state index in [9.17, 15) is 4.79 Å². The largest absolute Gasteiger partial charge is 0.460 e. The number of morpholine rings is 1. The quantitative estimate of drug-likeness (QED) is 0.598. The van der Waals surface area contributed by atoms with Gasteiger partial charge in [-0.1, -0.05) is 11.3 Å². The summed E-state index contributed by atoms with van der Waals surface area (Å²) in [6.07, 6.45) is 0.761. The number of nitrogens with zero attached hydrogens (tertiary/aromatic N) is 1. The van der Waals surface area contributed by atoms with Crippen molar-refractivity contribution in [1.29, 1.82) is 0 Å². The van der Waals surface area contributed by atoms with Crippen LogP contribution in [0.2, 0.25) is 0 Å². The van der Waals surface area contributed by atoms with E-state index in [1.165, 1.54) is 5.56 Å². The van der Waals surface area contributed by atoms with Gasteiger partial charge in [-0.25, -0.2) is 9.78 Å². The first-order valence-corrected chi connectivity index (χ1v) is 11.7. The summed E-state index contributed by atoms with van der Waals surface area (Å²) in [5.74, 6) is 1.34. The Balaban J connectivity index is 1.65. The lowest BCUT2D eigenvalue weighted by Crippen LogP contribution is -2.42. The molecule has 170 valence electrons. The summed E-state index contributed by atoms with van der Waals surface area (Å²) < 4.78 is 22.6. The Morgan fingerprint density at radius 1 is 1.28 bits per heavy atom. The number of fused-ring (bicyclic) bond motifs is 3. The maximum atomic E-state index is 12.0. The molecule has 2 aliphatic rings. The summed E-state index contributed by atoms with van der Waals surface area (Å²) in [7, 11) is 0. The van der Waals surface area contributed by atoms with Crippen LogP contribution in [-0.2, 0) is 27.2 Å². The topological polar surface area (TPSA) is 101 Å². The van der Waals surface area contributed by atoms with Crippen LogP contribution in [0.5, 0.6) is 0 Å². The number of furan rings is 1. The molecule has 1 fully saturated rings. The fourth-order valence-corrected chi connectivity index (χ4v) is 5.52. The number of rotatable bonds is 4. The smallest absolute Gasteiger partial charge is 0.374 e. The van der Waals surface area contributed by atoms with Crippen LogP contribution in [0.3, 0.4) is 0 Å². The third-order valence-corrected chi connectivity index (χ3v) is 7.11. The third kappa shape index (κ3) is 3.64. The van der Waals surface area contributed by atoms with Crippen molar-refractivity contribution in [3.8, 4) is 10.6 Å². The summed E-state index contributed by atoms with van der Waals surface area (Å²) in [4.78, 5) is 19.8. The molecule has 3 aromatic heterocycles. The maximum absolute atomic E-state index is 12.0. The molecule has 3 N–H and O–H groups in total. The number of H-pyrrole nitrogens is 1. The molecule has 9 heteroatoms. The first-order valence-electron chi connectivity index (χ1n) is 10.9. The number of thiophene rings is 1.